The number of hydrogen-bond acceptors (Lipinski definition) is 3. The summed E-state index contributed by atoms with van der Waals surface area (Å²) in [4.78, 5) is 9.94. The van der Waals surface area contributed by atoms with E-state index in [1.54, 1.807) is 0 Å². The van der Waals surface area contributed by atoms with Crippen molar-refractivity contribution < 1.29 is 8.78 Å². The molecule has 15 heavy (non-hydrogen) atoms. The Kier molecular flexibility index (Phi) is 2.54. The fourth-order valence-corrected chi connectivity index (χ4v) is 1.68. The van der Waals surface area contributed by atoms with E-state index in [-0.39, 0.29) is 12.8 Å². The average Bonchev–Trinajstić information content (AvgIpc) is 2.17. The molecule has 0 spiro atoms. The molecule has 1 aliphatic heterocycles. The lowest BCUT2D eigenvalue weighted by Gasteiger charge is -2.32. The summed E-state index contributed by atoms with van der Waals surface area (Å²) in [7, 11) is 0. The smallest absolute Gasteiger partial charge is 0.251 e. The van der Waals surface area contributed by atoms with Crippen molar-refractivity contribution in [2.45, 2.75) is 25.7 Å². The van der Waals surface area contributed by atoms with Crippen molar-refractivity contribution in [3.63, 3.8) is 0 Å². The fourth-order valence-electron chi connectivity index (χ4n) is 1.68. The molecule has 0 aliphatic carbocycles. The molecule has 1 fully saturated rings. The Morgan fingerprint density at radius 3 is 2.53 bits per heavy atom. The molecule has 0 N–H and O–H groups in total. The number of hydrogen-bond donors (Lipinski definition) is 0. The van der Waals surface area contributed by atoms with Crippen LogP contribution in [0.2, 0.25) is 0 Å². The molecule has 0 unspecified atom stereocenters. The van der Waals surface area contributed by atoms with Gasteiger partial charge in [0.25, 0.3) is 5.92 Å². The number of rotatable bonds is 1. The molecule has 2 heterocycles. The van der Waals surface area contributed by atoms with Crippen LogP contribution >= 0.6 is 0 Å². The number of alkyl halides is 2. The first-order valence-corrected chi connectivity index (χ1v) is 4.98. The summed E-state index contributed by atoms with van der Waals surface area (Å²) >= 11 is 0. The van der Waals surface area contributed by atoms with E-state index < -0.39 is 5.92 Å². The van der Waals surface area contributed by atoms with Gasteiger partial charge >= 0.3 is 0 Å². The maximum atomic E-state index is 12.9. The van der Waals surface area contributed by atoms with Crippen LogP contribution in [0.15, 0.2) is 12.4 Å². The normalized spacial score (nSPS) is 20.3. The van der Waals surface area contributed by atoms with Crippen LogP contribution in [0.4, 0.5) is 14.6 Å². The number of halogens is 2. The highest BCUT2D eigenvalue weighted by atomic mass is 19.3. The molecule has 0 amide bonds. The molecule has 3 nitrogen and oxygen atoms in total. The second-order valence-electron chi connectivity index (χ2n) is 3.86. The first-order chi connectivity index (χ1) is 7.07. The van der Waals surface area contributed by atoms with Crippen LogP contribution in [-0.4, -0.2) is 29.0 Å². The minimum absolute atomic E-state index is 0.0873. The number of aryl methyl sites for hydroxylation is 1. The van der Waals surface area contributed by atoms with Crippen LogP contribution in [0.1, 0.15) is 18.5 Å². The largest absolute Gasteiger partial charge is 0.356 e. The molecular weight excluding hydrogens is 200 g/mol. The molecule has 1 aromatic rings. The average molecular weight is 213 g/mol. The zero-order valence-corrected chi connectivity index (χ0v) is 8.58. The Labute approximate surface area is 87.1 Å². The summed E-state index contributed by atoms with van der Waals surface area (Å²) in [6, 6.07) is 1.82. The number of anilines is 1. The van der Waals surface area contributed by atoms with E-state index in [0.717, 1.165) is 11.5 Å². The van der Waals surface area contributed by atoms with Gasteiger partial charge in [-0.05, 0) is 6.92 Å². The molecule has 5 heteroatoms. The molecule has 1 aromatic heterocycles. The number of nitrogens with zero attached hydrogens (tertiary/aromatic N) is 3. The lowest BCUT2D eigenvalue weighted by atomic mass is 10.1. The topological polar surface area (TPSA) is 29.0 Å². The fraction of sp³-hybridized carbons (Fsp3) is 0.600. The predicted molar refractivity (Wildman–Crippen MR) is 53.2 cm³/mol. The van der Waals surface area contributed by atoms with E-state index in [1.165, 1.54) is 6.33 Å². The summed E-state index contributed by atoms with van der Waals surface area (Å²) in [5.41, 5.74) is 0.859. The quantitative estimate of drug-likeness (QED) is 0.714. The molecule has 2 rings (SSSR count). The van der Waals surface area contributed by atoms with Gasteiger partial charge in [-0.3, -0.25) is 0 Å². The summed E-state index contributed by atoms with van der Waals surface area (Å²) in [5, 5.41) is 0. The first-order valence-electron chi connectivity index (χ1n) is 4.98. The zero-order valence-electron chi connectivity index (χ0n) is 8.58. The molecule has 0 radical (unpaired) electrons. The lowest BCUT2D eigenvalue weighted by Crippen LogP contribution is -2.39. The summed E-state index contributed by atoms with van der Waals surface area (Å²) in [6.07, 6.45) is 1.30. The Bertz CT molecular complexity index is 344. The molecular formula is C10H13F2N3. The van der Waals surface area contributed by atoms with E-state index in [9.17, 15) is 8.78 Å². The van der Waals surface area contributed by atoms with Gasteiger partial charge < -0.3 is 4.90 Å². The summed E-state index contributed by atoms with van der Waals surface area (Å²) in [6.45, 7) is 2.59. The van der Waals surface area contributed by atoms with E-state index >= 15 is 0 Å². The second kappa shape index (κ2) is 3.72. The predicted octanol–water partition coefficient (Wildman–Crippen LogP) is 2.02. The standard InChI is InChI=1S/C10H13F2N3/c1-8-6-9(14-7-13-8)15-4-2-10(11,12)3-5-15/h6-7H,2-5H2,1H3. The van der Waals surface area contributed by atoms with Crippen LogP contribution < -0.4 is 4.90 Å². The first kappa shape index (κ1) is 10.3. The van der Waals surface area contributed by atoms with Gasteiger partial charge in [0.2, 0.25) is 0 Å². The number of piperidine rings is 1. The SMILES string of the molecule is Cc1cc(N2CCC(F)(F)CC2)ncn1. The summed E-state index contributed by atoms with van der Waals surface area (Å²) < 4.78 is 25.8. The molecule has 0 aromatic carbocycles. The van der Waals surface area contributed by atoms with Gasteiger partial charge in [0.1, 0.15) is 12.1 Å². The third-order valence-electron chi connectivity index (χ3n) is 2.61. The maximum absolute atomic E-state index is 12.9. The molecule has 1 aliphatic rings. The van der Waals surface area contributed by atoms with E-state index in [1.807, 2.05) is 17.9 Å². The van der Waals surface area contributed by atoms with Crippen molar-refractivity contribution in [2.75, 3.05) is 18.0 Å². The van der Waals surface area contributed by atoms with Crippen molar-refractivity contribution in [1.29, 1.82) is 0 Å². The maximum Gasteiger partial charge on any atom is 0.251 e. The highest BCUT2D eigenvalue weighted by molar-refractivity contribution is 5.39. The van der Waals surface area contributed by atoms with Crippen LogP contribution in [0.3, 0.4) is 0 Å². The van der Waals surface area contributed by atoms with Gasteiger partial charge in [-0.2, -0.15) is 0 Å². The molecule has 0 atom stereocenters. The van der Waals surface area contributed by atoms with Gasteiger partial charge in [0.15, 0.2) is 0 Å². The van der Waals surface area contributed by atoms with Crippen LogP contribution in [0, 0.1) is 6.92 Å². The highest BCUT2D eigenvalue weighted by Crippen LogP contribution is 2.29. The van der Waals surface area contributed by atoms with E-state index in [4.69, 9.17) is 0 Å². The molecule has 82 valence electrons. The minimum atomic E-state index is -2.50. The van der Waals surface area contributed by atoms with E-state index in [0.29, 0.717) is 13.1 Å². The van der Waals surface area contributed by atoms with Gasteiger partial charge in [0.05, 0.1) is 0 Å². The summed E-state index contributed by atoms with van der Waals surface area (Å²) in [5.74, 6) is -1.75. The Morgan fingerprint density at radius 2 is 1.93 bits per heavy atom. The van der Waals surface area contributed by atoms with Gasteiger partial charge in [-0.15, -0.1) is 0 Å². The van der Waals surface area contributed by atoms with Crippen molar-refractivity contribution in [2.24, 2.45) is 0 Å². The highest BCUT2D eigenvalue weighted by Gasteiger charge is 2.34. The third-order valence-corrected chi connectivity index (χ3v) is 2.61. The second-order valence-corrected chi connectivity index (χ2v) is 3.86. The van der Waals surface area contributed by atoms with Gasteiger partial charge in [-0.1, -0.05) is 0 Å². The Morgan fingerprint density at radius 1 is 1.27 bits per heavy atom. The zero-order chi connectivity index (χ0) is 10.9. The van der Waals surface area contributed by atoms with Crippen LogP contribution in [0.5, 0.6) is 0 Å². The monoisotopic (exact) mass is 213 g/mol. The number of aromatic nitrogens is 2. The molecule has 0 bridgehead atoms. The van der Waals surface area contributed by atoms with Crippen molar-refractivity contribution in [3.05, 3.63) is 18.1 Å². The van der Waals surface area contributed by atoms with E-state index in [2.05, 4.69) is 9.97 Å². The van der Waals surface area contributed by atoms with Gasteiger partial charge in [0, 0.05) is 37.7 Å². The molecule has 1 saturated heterocycles. The van der Waals surface area contributed by atoms with Crippen molar-refractivity contribution >= 4 is 5.82 Å². The molecule has 0 saturated carbocycles. The van der Waals surface area contributed by atoms with Crippen molar-refractivity contribution in [1.82, 2.24) is 9.97 Å². The lowest BCUT2D eigenvalue weighted by molar-refractivity contribution is -0.0221. The van der Waals surface area contributed by atoms with Gasteiger partial charge in [-0.25, -0.2) is 18.7 Å². The Hall–Kier alpha value is -1.26. The Balaban J connectivity index is 2.08. The van der Waals surface area contributed by atoms with Crippen LogP contribution in [0.25, 0.3) is 0 Å². The minimum Gasteiger partial charge on any atom is -0.356 e. The van der Waals surface area contributed by atoms with Crippen molar-refractivity contribution in [3.8, 4) is 0 Å². The van der Waals surface area contributed by atoms with Crippen LogP contribution in [-0.2, 0) is 0 Å². The third kappa shape index (κ3) is 2.40.